The van der Waals surface area contributed by atoms with Gasteiger partial charge in [0, 0.05) is 5.56 Å². The van der Waals surface area contributed by atoms with Gasteiger partial charge in [0.25, 0.3) is 0 Å². The van der Waals surface area contributed by atoms with Crippen LogP contribution in [0.15, 0.2) is 42.5 Å². The van der Waals surface area contributed by atoms with Gasteiger partial charge in [0.15, 0.2) is 0 Å². The van der Waals surface area contributed by atoms with Gasteiger partial charge in [-0.1, -0.05) is 83.5 Å². The minimum Gasteiger partial charge on any atom is -0.490 e. The van der Waals surface area contributed by atoms with E-state index >= 15 is 0 Å². The van der Waals surface area contributed by atoms with E-state index in [1.54, 1.807) is 0 Å². The molecule has 1 fully saturated rings. The topological polar surface area (TPSA) is 29.5 Å². The molecule has 1 atom stereocenters. The van der Waals surface area contributed by atoms with Crippen LogP contribution in [0.1, 0.15) is 89.5 Å². The molecule has 1 aliphatic heterocycles. The monoisotopic (exact) mass is 466 g/mol. The van der Waals surface area contributed by atoms with Gasteiger partial charge in [-0.15, -0.1) is 0 Å². The molecule has 34 heavy (non-hydrogen) atoms. The molecule has 0 spiro atoms. The van der Waals surface area contributed by atoms with Gasteiger partial charge < -0.3 is 14.3 Å². The van der Waals surface area contributed by atoms with Crippen molar-refractivity contribution in [3.63, 3.8) is 0 Å². The molecule has 0 saturated carbocycles. The summed E-state index contributed by atoms with van der Waals surface area (Å²) in [5.41, 5.74) is 5.27. The number of hydrogen-bond acceptors (Lipinski definition) is 2. The Balaban J connectivity index is 1.74. The number of ether oxygens (including phenoxy) is 1. The first-order valence-electron chi connectivity index (χ1n) is 13.2. The molecule has 1 heterocycles. The summed E-state index contributed by atoms with van der Waals surface area (Å²) in [6.07, 6.45) is 4.59. The van der Waals surface area contributed by atoms with E-state index in [2.05, 4.69) is 90.9 Å². The van der Waals surface area contributed by atoms with Crippen molar-refractivity contribution in [3.05, 3.63) is 64.7 Å². The maximum Gasteiger partial charge on any atom is 0.137 e. The quantitative estimate of drug-likeness (QED) is 0.449. The van der Waals surface area contributed by atoms with Crippen LogP contribution in [-0.2, 0) is 17.4 Å². The number of quaternary nitrogens is 1. The predicted molar refractivity (Wildman–Crippen MR) is 144 cm³/mol. The summed E-state index contributed by atoms with van der Waals surface area (Å²) in [5, 5.41) is 11.2. The van der Waals surface area contributed by atoms with Gasteiger partial charge in [-0.05, 0) is 60.6 Å². The summed E-state index contributed by atoms with van der Waals surface area (Å²) >= 11 is 0. The second-order valence-corrected chi connectivity index (χ2v) is 12.7. The lowest BCUT2D eigenvalue weighted by molar-refractivity contribution is -0.942. The molecule has 0 bridgehead atoms. The molecule has 1 saturated heterocycles. The van der Waals surface area contributed by atoms with Crippen LogP contribution in [0.2, 0.25) is 0 Å². The summed E-state index contributed by atoms with van der Waals surface area (Å²) in [7, 11) is 0. The average Bonchev–Trinajstić information content (AvgIpc) is 2.98. The molecule has 1 aliphatic rings. The van der Waals surface area contributed by atoms with E-state index in [-0.39, 0.29) is 10.8 Å². The Kier molecular flexibility index (Phi) is 8.52. The maximum absolute atomic E-state index is 11.2. The van der Waals surface area contributed by atoms with Gasteiger partial charge in [-0.25, -0.2) is 0 Å². The van der Waals surface area contributed by atoms with Crippen LogP contribution in [0.5, 0.6) is 5.75 Å². The van der Waals surface area contributed by atoms with Crippen molar-refractivity contribution >= 4 is 0 Å². The first-order valence-corrected chi connectivity index (χ1v) is 13.2. The Hall–Kier alpha value is -1.84. The number of likely N-dealkylation sites (tertiary alicyclic amines) is 1. The summed E-state index contributed by atoms with van der Waals surface area (Å²) in [5.74, 6) is 0.903. The van der Waals surface area contributed by atoms with Crippen LogP contribution >= 0.6 is 0 Å². The zero-order valence-electron chi connectivity index (χ0n) is 22.8. The molecule has 3 nitrogen and oxygen atoms in total. The van der Waals surface area contributed by atoms with E-state index < -0.39 is 6.10 Å². The highest BCUT2D eigenvalue weighted by Crippen LogP contribution is 2.35. The Morgan fingerprint density at radius 3 is 2.03 bits per heavy atom. The third-order valence-electron chi connectivity index (χ3n) is 7.34. The largest absolute Gasteiger partial charge is 0.490 e. The molecule has 3 rings (SSSR count). The normalized spacial score (nSPS) is 17.8. The van der Waals surface area contributed by atoms with E-state index in [9.17, 15) is 5.11 Å². The number of aryl methyl sites for hydroxylation is 1. The summed E-state index contributed by atoms with van der Waals surface area (Å²) in [6, 6.07) is 15.5. The van der Waals surface area contributed by atoms with E-state index in [4.69, 9.17) is 4.74 Å². The Labute approximate surface area is 208 Å². The Morgan fingerprint density at radius 1 is 0.853 bits per heavy atom. The fraction of sp³-hybridized carbons (Fsp3) is 0.613. The number of rotatable bonds is 7. The van der Waals surface area contributed by atoms with Crippen molar-refractivity contribution in [3.8, 4) is 5.75 Å². The van der Waals surface area contributed by atoms with Gasteiger partial charge >= 0.3 is 0 Å². The molecule has 2 aromatic carbocycles. The van der Waals surface area contributed by atoms with Crippen LogP contribution in [0.3, 0.4) is 0 Å². The fourth-order valence-electron chi connectivity index (χ4n) is 5.24. The highest BCUT2D eigenvalue weighted by Gasteiger charge is 2.32. The van der Waals surface area contributed by atoms with E-state index in [1.165, 1.54) is 47.9 Å². The van der Waals surface area contributed by atoms with Crippen molar-refractivity contribution < 1.29 is 14.3 Å². The van der Waals surface area contributed by atoms with Gasteiger partial charge in [-0.2, -0.15) is 0 Å². The minimum absolute atomic E-state index is 0.0223. The second kappa shape index (κ2) is 10.8. The highest BCUT2D eigenvalue weighted by atomic mass is 16.5. The lowest BCUT2D eigenvalue weighted by atomic mass is 9.80. The summed E-state index contributed by atoms with van der Waals surface area (Å²) < 4.78 is 7.28. The van der Waals surface area contributed by atoms with Crippen molar-refractivity contribution in [2.75, 3.05) is 26.2 Å². The Morgan fingerprint density at radius 2 is 1.47 bits per heavy atom. The molecule has 0 amide bonds. The number of benzene rings is 2. The van der Waals surface area contributed by atoms with E-state index in [0.717, 1.165) is 36.4 Å². The first-order chi connectivity index (χ1) is 15.9. The number of hydrogen-bond donors (Lipinski definition) is 1. The maximum atomic E-state index is 11.2. The van der Waals surface area contributed by atoms with Crippen molar-refractivity contribution in [2.45, 2.75) is 97.6 Å². The average molecular weight is 467 g/mol. The molecular formula is C31H48NO2+. The van der Waals surface area contributed by atoms with Gasteiger partial charge in [0.2, 0.25) is 0 Å². The zero-order chi connectivity index (χ0) is 25.0. The molecule has 0 unspecified atom stereocenters. The Bertz CT molecular complexity index is 910. The molecule has 2 aromatic rings. The SMILES string of the molecule is Cc1ccc(C[N+]2(C[C@@H](O)COc3ccc(C(C)(C)C)cc3C(C)(C)C)CCCCCC2)cc1. The second-order valence-electron chi connectivity index (χ2n) is 12.7. The molecule has 3 heteroatoms. The molecule has 0 radical (unpaired) electrons. The number of aliphatic hydroxyl groups excluding tert-OH is 1. The first kappa shape index (κ1) is 26.8. The van der Waals surface area contributed by atoms with Crippen LogP contribution in [0, 0.1) is 6.92 Å². The van der Waals surface area contributed by atoms with Crippen LogP contribution < -0.4 is 4.74 Å². The molecule has 188 valence electrons. The van der Waals surface area contributed by atoms with Crippen molar-refractivity contribution in [1.82, 2.24) is 0 Å². The predicted octanol–water partition coefficient (Wildman–Crippen LogP) is 6.92. The molecule has 1 N–H and O–H groups in total. The molecule has 0 aromatic heterocycles. The fourth-order valence-corrected chi connectivity index (χ4v) is 5.24. The lowest BCUT2D eigenvalue weighted by Crippen LogP contribution is -2.53. The van der Waals surface area contributed by atoms with Gasteiger partial charge in [0.1, 0.15) is 31.5 Å². The van der Waals surface area contributed by atoms with Crippen molar-refractivity contribution in [2.24, 2.45) is 0 Å². The minimum atomic E-state index is -0.487. The van der Waals surface area contributed by atoms with Crippen LogP contribution in [0.25, 0.3) is 0 Å². The van der Waals surface area contributed by atoms with Gasteiger partial charge in [-0.3, -0.25) is 0 Å². The molecule has 0 aliphatic carbocycles. The van der Waals surface area contributed by atoms with E-state index in [0.29, 0.717) is 6.61 Å². The summed E-state index contributed by atoms with van der Waals surface area (Å²) in [6.45, 7) is 19.9. The third kappa shape index (κ3) is 7.33. The number of aliphatic hydroxyl groups is 1. The van der Waals surface area contributed by atoms with Gasteiger partial charge in [0.05, 0.1) is 13.1 Å². The van der Waals surface area contributed by atoms with Crippen LogP contribution in [0.4, 0.5) is 0 Å². The summed E-state index contributed by atoms with van der Waals surface area (Å²) in [4.78, 5) is 0. The standard InChI is InChI=1S/C31H48NO2/c1-24-12-14-25(15-13-24)21-32(18-10-8-9-11-19-32)22-27(33)23-34-29-17-16-26(30(2,3)4)20-28(29)31(5,6)7/h12-17,20,27,33H,8-11,18-19,21-23H2,1-7H3/q+1/t27-/m1/s1. The lowest BCUT2D eigenvalue weighted by Gasteiger charge is -2.39. The van der Waals surface area contributed by atoms with Crippen LogP contribution in [-0.4, -0.2) is 41.9 Å². The zero-order valence-corrected chi connectivity index (χ0v) is 22.8. The van der Waals surface area contributed by atoms with Crippen molar-refractivity contribution in [1.29, 1.82) is 0 Å². The third-order valence-corrected chi connectivity index (χ3v) is 7.34. The number of nitrogens with zero attached hydrogens (tertiary/aromatic N) is 1. The highest BCUT2D eigenvalue weighted by molar-refractivity contribution is 5.43. The van der Waals surface area contributed by atoms with E-state index in [1.807, 2.05) is 0 Å². The smallest absolute Gasteiger partial charge is 0.137 e. The molecular weight excluding hydrogens is 418 g/mol.